The number of amides is 1. The number of likely N-dealkylation sites (tertiary alicyclic amines) is 1. The number of rotatable bonds is 3. The zero-order valence-corrected chi connectivity index (χ0v) is 14.3. The van der Waals surface area contributed by atoms with Crippen molar-refractivity contribution in [2.24, 2.45) is 5.92 Å². The lowest BCUT2D eigenvalue weighted by Crippen LogP contribution is -2.45. The van der Waals surface area contributed by atoms with Crippen molar-refractivity contribution in [1.29, 1.82) is 0 Å². The zero-order chi connectivity index (χ0) is 15.8. The van der Waals surface area contributed by atoms with Crippen LogP contribution in [0.15, 0.2) is 18.2 Å². The lowest BCUT2D eigenvalue weighted by atomic mass is 9.77. The molecule has 1 aliphatic carbocycles. The van der Waals surface area contributed by atoms with E-state index in [1.807, 2.05) is 0 Å². The highest BCUT2D eigenvalue weighted by atomic mass is 16.2. The highest BCUT2D eigenvalue weighted by Gasteiger charge is 2.35. The summed E-state index contributed by atoms with van der Waals surface area (Å²) in [5.41, 5.74) is 3.83. The Morgan fingerprint density at radius 3 is 2.78 bits per heavy atom. The summed E-state index contributed by atoms with van der Waals surface area (Å²) < 4.78 is 0. The molecular weight excluding hydrogens is 284 g/mol. The molecule has 23 heavy (non-hydrogen) atoms. The van der Waals surface area contributed by atoms with Gasteiger partial charge in [-0.2, -0.15) is 0 Å². The van der Waals surface area contributed by atoms with E-state index in [2.05, 4.69) is 34.9 Å². The number of benzene rings is 1. The van der Waals surface area contributed by atoms with Crippen LogP contribution in [0.1, 0.15) is 60.0 Å². The van der Waals surface area contributed by atoms with E-state index in [4.69, 9.17) is 0 Å². The van der Waals surface area contributed by atoms with Gasteiger partial charge in [0.15, 0.2) is 0 Å². The lowest BCUT2D eigenvalue weighted by molar-refractivity contribution is 0.0646. The third kappa shape index (κ3) is 2.80. The minimum Gasteiger partial charge on any atom is -0.338 e. The third-order valence-corrected chi connectivity index (χ3v) is 6.19. The highest BCUT2D eigenvalue weighted by Crippen LogP contribution is 2.39. The Morgan fingerprint density at radius 1 is 1.17 bits per heavy atom. The molecule has 0 radical (unpaired) electrons. The first-order valence-corrected chi connectivity index (χ1v) is 9.39. The van der Waals surface area contributed by atoms with E-state index < -0.39 is 0 Å². The summed E-state index contributed by atoms with van der Waals surface area (Å²) in [5.74, 6) is 1.57. The molecule has 2 heterocycles. The van der Waals surface area contributed by atoms with Gasteiger partial charge in [0.2, 0.25) is 0 Å². The maximum Gasteiger partial charge on any atom is 0.254 e. The predicted octanol–water partition coefficient (Wildman–Crippen LogP) is 3.29. The van der Waals surface area contributed by atoms with Crippen LogP contribution in [0.4, 0.5) is 0 Å². The molecule has 0 unspecified atom stereocenters. The van der Waals surface area contributed by atoms with Crippen molar-refractivity contribution in [2.75, 3.05) is 32.7 Å². The van der Waals surface area contributed by atoms with Crippen molar-refractivity contribution >= 4 is 5.91 Å². The number of aryl methyl sites for hydroxylation is 1. The van der Waals surface area contributed by atoms with Gasteiger partial charge in [0.1, 0.15) is 0 Å². The fourth-order valence-electron chi connectivity index (χ4n) is 4.84. The summed E-state index contributed by atoms with van der Waals surface area (Å²) in [6, 6.07) is 6.37. The summed E-state index contributed by atoms with van der Waals surface area (Å²) in [5, 5.41) is 0. The van der Waals surface area contributed by atoms with E-state index >= 15 is 0 Å². The fourth-order valence-corrected chi connectivity index (χ4v) is 4.84. The second-order valence-corrected chi connectivity index (χ2v) is 7.56. The van der Waals surface area contributed by atoms with E-state index in [9.17, 15) is 4.79 Å². The van der Waals surface area contributed by atoms with Gasteiger partial charge in [-0.15, -0.1) is 0 Å². The van der Waals surface area contributed by atoms with Gasteiger partial charge >= 0.3 is 0 Å². The SMILES string of the molecule is CCN1CCC(CN2C[C@@H]3CCCc4cccc(c43)C2=O)CC1. The second kappa shape index (κ2) is 6.27. The molecule has 0 bridgehead atoms. The number of hydrogen-bond acceptors (Lipinski definition) is 2. The standard InChI is InChI=1S/C20H28N2O/c1-2-21-11-9-15(10-12-21)13-22-14-17-7-3-5-16-6-4-8-18(19(16)17)20(22)23/h4,6,8,15,17H,2-3,5,7,9-14H2,1H3/t17-/m0/s1. The first-order valence-electron chi connectivity index (χ1n) is 9.39. The average Bonchev–Trinajstić information content (AvgIpc) is 2.60. The third-order valence-electron chi connectivity index (χ3n) is 6.19. The van der Waals surface area contributed by atoms with Gasteiger partial charge in [0, 0.05) is 24.6 Å². The van der Waals surface area contributed by atoms with Gasteiger partial charge in [-0.3, -0.25) is 4.79 Å². The first kappa shape index (κ1) is 15.2. The summed E-state index contributed by atoms with van der Waals surface area (Å²) in [6.45, 7) is 7.73. The molecule has 0 aromatic heterocycles. The molecule has 1 atom stereocenters. The minimum absolute atomic E-state index is 0.290. The van der Waals surface area contributed by atoms with Crippen LogP contribution in [0.5, 0.6) is 0 Å². The molecule has 1 aromatic carbocycles. The van der Waals surface area contributed by atoms with Crippen LogP contribution in [-0.2, 0) is 6.42 Å². The predicted molar refractivity (Wildman–Crippen MR) is 92.9 cm³/mol. The molecule has 3 aliphatic rings. The Labute approximate surface area is 139 Å². The molecule has 0 saturated carbocycles. The maximum absolute atomic E-state index is 13.0. The van der Waals surface area contributed by atoms with Crippen LogP contribution in [0.2, 0.25) is 0 Å². The van der Waals surface area contributed by atoms with E-state index in [1.165, 1.54) is 49.9 Å². The Morgan fingerprint density at radius 2 is 2.00 bits per heavy atom. The molecule has 0 spiro atoms. The summed E-state index contributed by atoms with van der Waals surface area (Å²) in [7, 11) is 0. The normalized spacial score (nSPS) is 25.5. The minimum atomic E-state index is 0.290. The molecule has 124 valence electrons. The molecule has 1 fully saturated rings. The van der Waals surface area contributed by atoms with Crippen LogP contribution < -0.4 is 0 Å². The summed E-state index contributed by atoms with van der Waals surface area (Å²) in [6.07, 6.45) is 6.17. The fraction of sp³-hybridized carbons (Fsp3) is 0.650. The number of carbonyl (C=O) groups excluding carboxylic acids is 1. The Kier molecular flexibility index (Phi) is 4.14. The van der Waals surface area contributed by atoms with E-state index in [-0.39, 0.29) is 5.91 Å². The van der Waals surface area contributed by atoms with Crippen molar-refractivity contribution in [3.05, 3.63) is 34.9 Å². The van der Waals surface area contributed by atoms with Crippen molar-refractivity contribution in [1.82, 2.24) is 9.80 Å². The highest BCUT2D eigenvalue weighted by molar-refractivity contribution is 5.97. The van der Waals surface area contributed by atoms with Crippen LogP contribution >= 0.6 is 0 Å². The quantitative estimate of drug-likeness (QED) is 0.855. The monoisotopic (exact) mass is 312 g/mol. The molecule has 2 aliphatic heterocycles. The maximum atomic E-state index is 13.0. The number of hydrogen-bond donors (Lipinski definition) is 0. The molecule has 3 heteroatoms. The van der Waals surface area contributed by atoms with Crippen LogP contribution in [0.25, 0.3) is 0 Å². The first-order chi connectivity index (χ1) is 11.3. The number of carbonyl (C=O) groups is 1. The molecular formula is C20H28N2O. The van der Waals surface area contributed by atoms with E-state index in [0.717, 1.165) is 31.6 Å². The van der Waals surface area contributed by atoms with Gasteiger partial charge in [-0.25, -0.2) is 0 Å². The summed E-state index contributed by atoms with van der Waals surface area (Å²) in [4.78, 5) is 17.7. The van der Waals surface area contributed by atoms with E-state index in [1.54, 1.807) is 0 Å². The van der Waals surface area contributed by atoms with Crippen molar-refractivity contribution < 1.29 is 4.79 Å². The molecule has 1 amide bonds. The van der Waals surface area contributed by atoms with Gasteiger partial charge in [-0.05, 0) is 74.8 Å². The zero-order valence-electron chi connectivity index (χ0n) is 14.3. The molecule has 1 aromatic rings. The molecule has 0 N–H and O–H groups in total. The van der Waals surface area contributed by atoms with Gasteiger partial charge in [0.05, 0.1) is 0 Å². The topological polar surface area (TPSA) is 23.6 Å². The van der Waals surface area contributed by atoms with Crippen LogP contribution in [0.3, 0.4) is 0 Å². The summed E-state index contributed by atoms with van der Waals surface area (Å²) >= 11 is 0. The second-order valence-electron chi connectivity index (χ2n) is 7.56. The Bertz CT molecular complexity index is 589. The van der Waals surface area contributed by atoms with Crippen molar-refractivity contribution in [2.45, 2.75) is 44.9 Å². The van der Waals surface area contributed by atoms with Crippen molar-refractivity contribution in [3.8, 4) is 0 Å². The van der Waals surface area contributed by atoms with Crippen molar-refractivity contribution in [3.63, 3.8) is 0 Å². The smallest absolute Gasteiger partial charge is 0.254 e. The molecule has 4 rings (SSSR count). The largest absolute Gasteiger partial charge is 0.338 e. The number of nitrogens with zero attached hydrogens (tertiary/aromatic N) is 2. The molecule has 1 saturated heterocycles. The lowest BCUT2D eigenvalue weighted by Gasteiger charge is -2.40. The number of piperidine rings is 1. The van der Waals surface area contributed by atoms with Gasteiger partial charge in [-0.1, -0.05) is 19.1 Å². The van der Waals surface area contributed by atoms with Gasteiger partial charge < -0.3 is 9.80 Å². The Hall–Kier alpha value is -1.35. The van der Waals surface area contributed by atoms with Gasteiger partial charge in [0.25, 0.3) is 5.91 Å². The van der Waals surface area contributed by atoms with E-state index in [0.29, 0.717) is 11.8 Å². The van der Waals surface area contributed by atoms with Crippen LogP contribution in [-0.4, -0.2) is 48.4 Å². The molecule has 3 nitrogen and oxygen atoms in total. The average molecular weight is 312 g/mol. The Balaban J connectivity index is 1.50. The van der Waals surface area contributed by atoms with Crippen LogP contribution in [0, 0.1) is 5.92 Å².